The molecule has 12 nitrogen and oxygen atoms in total. The summed E-state index contributed by atoms with van der Waals surface area (Å²) in [6.45, 7) is 0.731. The lowest BCUT2D eigenvalue weighted by Crippen LogP contribution is -2.58. The van der Waals surface area contributed by atoms with Crippen LogP contribution in [0.3, 0.4) is 0 Å². The first kappa shape index (κ1) is 29.4. The number of benzene rings is 2. The Hall–Kier alpha value is -4.63. The molecule has 1 aliphatic heterocycles. The average molecular weight is 596 g/mol. The van der Waals surface area contributed by atoms with Gasteiger partial charge in [0, 0.05) is 37.3 Å². The minimum absolute atomic E-state index is 0.0668. The van der Waals surface area contributed by atoms with E-state index in [0.29, 0.717) is 49.2 Å². The molecule has 6 rings (SSSR count). The van der Waals surface area contributed by atoms with E-state index in [1.54, 1.807) is 19.0 Å². The lowest BCUT2D eigenvalue weighted by Gasteiger charge is -2.49. The number of amides is 3. The summed E-state index contributed by atoms with van der Waals surface area (Å²) in [6, 6.07) is 13.4. The number of rotatable bonds is 8. The van der Waals surface area contributed by atoms with E-state index in [9.17, 15) is 19.6 Å². The molecule has 0 spiro atoms. The predicted molar refractivity (Wildman–Crippen MR) is 161 cm³/mol. The van der Waals surface area contributed by atoms with Crippen LogP contribution in [0.1, 0.15) is 87.3 Å². The van der Waals surface area contributed by atoms with Crippen LogP contribution in [0.2, 0.25) is 0 Å². The molecule has 0 bridgehead atoms. The van der Waals surface area contributed by atoms with Gasteiger partial charge in [0.25, 0.3) is 11.8 Å². The number of carbonyl (C=O) groups is 3. The molecule has 2 aromatic carbocycles. The number of aromatic nitrogens is 4. The number of aromatic amines is 1. The number of carbonyl (C=O) groups excluding carboxylic acids is 3. The molecule has 4 N–H and O–H groups in total. The molecule has 12 heteroatoms. The molecule has 3 amide bonds. The third-order valence-corrected chi connectivity index (χ3v) is 9.77. The zero-order chi connectivity index (χ0) is 30.9. The van der Waals surface area contributed by atoms with Crippen molar-refractivity contribution >= 4 is 17.7 Å². The maximum Gasteiger partial charge on any atom is 0.251 e. The second-order valence-electron chi connectivity index (χ2n) is 12.1. The summed E-state index contributed by atoms with van der Waals surface area (Å²) in [5.41, 5.74) is 3.81. The van der Waals surface area contributed by atoms with Crippen LogP contribution in [0.5, 0.6) is 0 Å². The fourth-order valence-electron chi connectivity index (χ4n) is 7.38. The quantitative estimate of drug-likeness (QED) is 0.305. The second kappa shape index (κ2) is 11.8. The first-order valence-corrected chi connectivity index (χ1v) is 15.2. The van der Waals surface area contributed by atoms with Gasteiger partial charge in [-0.25, -0.2) is 5.10 Å². The van der Waals surface area contributed by atoms with Crippen LogP contribution in [0.4, 0.5) is 0 Å². The minimum Gasteiger partial charge on any atom is -0.355 e. The van der Waals surface area contributed by atoms with Gasteiger partial charge in [0.2, 0.25) is 5.91 Å². The van der Waals surface area contributed by atoms with E-state index in [1.807, 2.05) is 36.4 Å². The van der Waals surface area contributed by atoms with Crippen molar-refractivity contribution in [3.63, 3.8) is 0 Å². The van der Waals surface area contributed by atoms with E-state index < -0.39 is 11.0 Å². The van der Waals surface area contributed by atoms with E-state index >= 15 is 0 Å². The first-order valence-electron chi connectivity index (χ1n) is 15.2. The largest absolute Gasteiger partial charge is 0.355 e. The fourth-order valence-corrected chi connectivity index (χ4v) is 7.38. The molecule has 44 heavy (non-hydrogen) atoms. The summed E-state index contributed by atoms with van der Waals surface area (Å²) in [7, 11) is 3.23. The molecule has 0 unspecified atom stereocenters. The van der Waals surface area contributed by atoms with E-state index in [2.05, 4.69) is 42.6 Å². The van der Waals surface area contributed by atoms with Gasteiger partial charge in [-0.2, -0.15) is 5.26 Å². The number of fused-ring (bicyclic) bond motifs is 2. The summed E-state index contributed by atoms with van der Waals surface area (Å²) in [6.07, 6.45) is 6.09. The van der Waals surface area contributed by atoms with Gasteiger partial charge < -0.3 is 20.9 Å². The van der Waals surface area contributed by atoms with E-state index in [1.165, 1.54) is 0 Å². The molecule has 1 saturated heterocycles. The van der Waals surface area contributed by atoms with Gasteiger partial charge >= 0.3 is 0 Å². The van der Waals surface area contributed by atoms with Gasteiger partial charge in [0.15, 0.2) is 5.82 Å². The lowest BCUT2D eigenvalue weighted by atomic mass is 9.60. The predicted octanol–water partition coefficient (Wildman–Crippen LogP) is 1.77. The summed E-state index contributed by atoms with van der Waals surface area (Å²) in [5, 5.41) is 34.2. The number of nitriles is 1. The molecule has 2 fully saturated rings. The lowest BCUT2D eigenvalue weighted by molar-refractivity contribution is -0.130. The van der Waals surface area contributed by atoms with Gasteiger partial charge in [-0.3, -0.25) is 14.4 Å². The van der Waals surface area contributed by atoms with Crippen molar-refractivity contribution in [1.82, 2.24) is 41.5 Å². The number of H-pyrrole nitrogens is 1. The smallest absolute Gasteiger partial charge is 0.251 e. The molecule has 3 aliphatic rings. The molecular weight excluding hydrogens is 558 g/mol. The van der Waals surface area contributed by atoms with Crippen molar-refractivity contribution < 1.29 is 14.4 Å². The molecule has 2 heterocycles. The highest BCUT2D eigenvalue weighted by Crippen LogP contribution is 2.52. The molecule has 3 aromatic rings. The molecule has 1 aromatic heterocycles. The first-order chi connectivity index (χ1) is 21.3. The number of nitrogens with one attached hydrogen (secondary N) is 4. The van der Waals surface area contributed by atoms with Crippen LogP contribution in [0.25, 0.3) is 0 Å². The normalized spacial score (nSPS) is 19.5. The monoisotopic (exact) mass is 595 g/mol. The van der Waals surface area contributed by atoms with Crippen molar-refractivity contribution in [1.29, 1.82) is 5.26 Å². The van der Waals surface area contributed by atoms with Gasteiger partial charge in [0.1, 0.15) is 6.04 Å². The highest BCUT2D eigenvalue weighted by atomic mass is 16.2. The van der Waals surface area contributed by atoms with Crippen molar-refractivity contribution in [2.75, 3.05) is 27.2 Å². The molecular formula is C32H37N9O3. The Labute approximate surface area is 256 Å². The van der Waals surface area contributed by atoms with Crippen molar-refractivity contribution in [2.24, 2.45) is 0 Å². The number of nitrogens with zero attached hydrogens (tertiary/aromatic N) is 5. The van der Waals surface area contributed by atoms with E-state index in [-0.39, 0.29) is 30.3 Å². The number of likely N-dealkylation sites (tertiary alicyclic amines) is 1. The van der Waals surface area contributed by atoms with Crippen molar-refractivity contribution in [2.45, 2.75) is 68.4 Å². The third kappa shape index (κ3) is 5.01. The van der Waals surface area contributed by atoms with E-state index in [4.69, 9.17) is 0 Å². The van der Waals surface area contributed by atoms with Crippen LogP contribution in [0.15, 0.2) is 36.4 Å². The highest BCUT2D eigenvalue weighted by Gasteiger charge is 2.52. The Kier molecular flexibility index (Phi) is 7.90. The van der Waals surface area contributed by atoms with Gasteiger partial charge in [0.05, 0.1) is 18.0 Å². The number of aryl methyl sites for hydroxylation is 2. The van der Waals surface area contributed by atoms with Crippen LogP contribution in [-0.4, -0.2) is 82.0 Å². The number of hydrogen-bond acceptors (Lipinski definition) is 8. The molecule has 228 valence electrons. The SMILES string of the molecule is CNC(=O)c1ccc2c(c1)CCc1cc(C(=O)NC)ccc1C2(CC1(NCC(=O)N2CCC[C@H]2C#N)CCC1)c1nnn[nH]1. The summed E-state index contributed by atoms with van der Waals surface area (Å²) >= 11 is 0. The Morgan fingerprint density at radius 1 is 1.00 bits per heavy atom. The standard InChI is InChI=1S/C32H37N9O3/c1-34-28(43)22-8-10-25-20(15-22)6-7-21-16-23(29(44)35-2)9-11-26(21)32(25,30-37-39-40-38-30)19-31(12-4-13-31)36-18-27(42)41-14-3-5-24(41)17-33/h8-11,15-16,24,36H,3-7,12-14,18-19H2,1-2H3,(H,34,43)(H,35,44)(H,37,38,39,40)/t24-/m0/s1. The zero-order valence-electron chi connectivity index (χ0n) is 25.1. The third-order valence-electron chi connectivity index (χ3n) is 9.77. The Bertz CT molecular complexity index is 1560. The summed E-state index contributed by atoms with van der Waals surface area (Å²) < 4.78 is 0. The minimum atomic E-state index is -0.869. The van der Waals surface area contributed by atoms with Gasteiger partial charge in [-0.15, -0.1) is 5.10 Å². The molecule has 1 atom stereocenters. The van der Waals surface area contributed by atoms with Crippen LogP contribution in [-0.2, 0) is 23.1 Å². The van der Waals surface area contributed by atoms with Gasteiger partial charge in [-0.1, -0.05) is 12.1 Å². The van der Waals surface area contributed by atoms with Crippen LogP contribution >= 0.6 is 0 Å². The Morgan fingerprint density at radius 3 is 2.14 bits per heavy atom. The Morgan fingerprint density at radius 2 is 1.64 bits per heavy atom. The zero-order valence-corrected chi connectivity index (χ0v) is 25.1. The van der Waals surface area contributed by atoms with Crippen LogP contribution in [0, 0.1) is 11.3 Å². The van der Waals surface area contributed by atoms with Gasteiger partial charge in [-0.05, 0) is 108 Å². The summed E-state index contributed by atoms with van der Waals surface area (Å²) in [5.74, 6) is 0.154. The number of hydrogen-bond donors (Lipinski definition) is 4. The van der Waals surface area contributed by atoms with E-state index in [0.717, 1.165) is 47.9 Å². The maximum absolute atomic E-state index is 13.3. The van der Waals surface area contributed by atoms with Crippen LogP contribution < -0.4 is 16.0 Å². The summed E-state index contributed by atoms with van der Waals surface area (Å²) in [4.78, 5) is 40.3. The van der Waals surface area contributed by atoms with Crippen molar-refractivity contribution in [3.8, 4) is 6.07 Å². The molecule has 2 aliphatic carbocycles. The average Bonchev–Trinajstić information content (AvgIpc) is 3.73. The Balaban J connectivity index is 1.48. The maximum atomic E-state index is 13.3. The number of tetrazole rings is 1. The van der Waals surface area contributed by atoms with Crippen molar-refractivity contribution in [3.05, 3.63) is 75.6 Å². The second-order valence-corrected chi connectivity index (χ2v) is 12.1. The molecule has 1 saturated carbocycles. The molecule has 0 radical (unpaired) electrons. The fraction of sp³-hybridized carbons (Fsp3) is 0.469. The topological polar surface area (TPSA) is 169 Å². The highest BCUT2D eigenvalue weighted by molar-refractivity contribution is 5.95.